The average molecular weight is 409 g/mol. The van der Waals surface area contributed by atoms with Crippen LogP contribution in [0.1, 0.15) is 18.4 Å². The first kappa shape index (κ1) is 19.1. The van der Waals surface area contributed by atoms with Crippen LogP contribution in [0.3, 0.4) is 0 Å². The van der Waals surface area contributed by atoms with Gasteiger partial charge in [-0.15, -0.1) is 11.3 Å². The van der Waals surface area contributed by atoms with Crippen molar-refractivity contribution in [2.24, 2.45) is 0 Å². The van der Waals surface area contributed by atoms with Crippen molar-refractivity contribution in [1.29, 1.82) is 0 Å². The Kier molecular flexibility index (Phi) is 5.53. The lowest BCUT2D eigenvalue weighted by molar-refractivity contribution is -0.384. The molecule has 148 valence electrons. The van der Waals surface area contributed by atoms with E-state index in [4.69, 9.17) is 4.74 Å². The van der Waals surface area contributed by atoms with Gasteiger partial charge >= 0.3 is 5.97 Å². The van der Waals surface area contributed by atoms with Crippen molar-refractivity contribution in [2.75, 3.05) is 11.4 Å². The number of esters is 1. The Morgan fingerprint density at radius 2 is 2.07 bits per heavy atom. The maximum Gasteiger partial charge on any atom is 0.329 e. The van der Waals surface area contributed by atoms with E-state index in [1.807, 2.05) is 40.6 Å². The van der Waals surface area contributed by atoms with Gasteiger partial charge in [0.2, 0.25) is 0 Å². The first-order valence-electron chi connectivity index (χ1n) is 9.29. The quantitative estimate of drug-likeness (QED) is 0.340. The molecule has 1 aliphatic heterocycles. The lowest BCUT2D eigenvalue weighted by atomic mass is 10.1. The Hall–Kier alpha value is -3.26. The second-order valence-electron chi connectivity index (χ2n) is 6.77. The molecule has 0 amide bonds. The normalized spacial score (nSPS) is 16.0. The Bertz CT molecular complexity index is 1020. The van der Waals surface area contributed by atoms with Gasteiger partial charge in [-0.1, -0.05) is 42.5 Å². The van der Waals surface area contributed by atoms with Gasteiger partial charge in [0.15, 0.2) is 5.13 Å². The van der Waals surface area contributed by atoms with Crippen molar-refractivity contribution < 1.29 is 14.5 Å². The highest BCUT2D eigenvalue weighted by atomic mass is 32.1. The molecule has 0 aliphatic carbocycles. The van der Waals surface area contributed by atoms with E-state index < -0.39 is 4.92 Å². The van der Waals surface area contributed by atoms with Gasteiger partial charge in [-0.3, -0.25) is 10.1 Å². The molecule has 2 heterocycles. The molecule has 0 radical (unpaired) electrons. The first-order valence-corrected chi connectivity index (χ1v) is 10.2. The summed E-state index contributed by atoms with van der Waals surface area (Å²) in [5.74, 6) is -0.251. The highest BCUT2D eigenvalue weighted by Gasteiger charge is 2.34. The molecular weight excluding hydrogens is 390 g/mol. The minimum Gasteiger partial charge on any atom is -0.459 e. The molecule has 1 aromatic heterocycles. The van der Waals surface area contributed by atoms with Gasteiger partial charge in [-0.05, 0) is 18.4 Å². The number of carbonyl (C=O) groups is 1. The average Bonchev–Trinajstić information content (AvgIpc) is 3.42. The van der Waals surface area contributed by atoms with Crippen LogP contribution in [0.25, 0.3) is 11.3 Å². The number of carbonyl (C=O) groups excluding carboxylic acids is 1. The molecule has 1 unspecified atom stereocenters. The molecule has 0 saturated carbocycles. The summed E-state index contributed by atoms with van der Waals surface area (Å²) in [7, 11) is 0. The van der Waals surface area contributed by atoms with E-state index in [1.54, 1.807) is 12.1 Å². The maximum absolute atomic E-state index is 12.6. The molecule has 0 spiro atoms. The third-order valence-corrected chi connectivity index (χ3v) is 5.72. The zero-order valence-corrected chi connectivity index (χ0v) is 16.4. The number of non-ortho nitro benzene ring substituents is 1. The first-order chi connectivity index (χ1) is 14.1. The molecule has 7 nitrogen and oxygen atoms in total. The number of nitrogens with zero attached hydrogens (tertiary/aromatic N) is 3. The molecule has 1 fully saturated rings. The van der Waals surface area contributed by atoms with Gasteiger partial charge in [0.1, 0.15) is 12.6 Å². The highest BCUT2D eigenvalue weighted by Crippen LogP contribution is 2.33. The minimum absolute atomic E-state index is 0.0283. The fourth-order valence-corrected chi connectivity index (χ4v) is 4.28. The molecular formula is C21H19N3O4S. The van der Waals surface area contributed by atoms with Crippen LogP contribution in [0.5, 0.6) is 0 Å². The largest absolute Gasteiger partial charge is 0.459 e. The van der Waals surface area contributed by atoms with Crippen molar-refractivity contribution in [3.8, 4) is 11.3 Å². The summed E-state index contributed by atoms with van der Waals surface area (Å²) in [5, 5.41) is 13.6. The zero-order valence-electron chi connectivity index (χ0n) is 15.6. The maximum atomic E-state index is 12.6. The number of rotatable bonds is 6. The van der Waals surface area contributed by atoms with Crippen LogP contribution in [-0.4, -0.2) is 28.5 Å². The van der Waals surface area contributed by atoms with Crippen LogP contribution in [0.2, 0.25) is 0 Å². The van der Waals surface area contributed by atoms with Crippen LogP contribution in [0.4, 0.5) is 10.8 Å². The number of hydrogen-bond acceptors (Lipinski definition) is 7. The monoisotopic (exact) mass is 409 g/mol. The predicted octanol–water partition coefficient (Wildman–Crippen LogP) is 4.43. The van der Waals surface area contributed by atoms with Crippen LogP contribution < -0.4 is 4.90 Å². The summed E-state index contributed by atoms with van der Waals surface area (Å²) in [6.07, 6.45) is 1.61. The number of benzene rings is 2. The lowest BCUT2D eigenvalue weighted by Crippen LogP contribution is -2.37. The van der Waals surface area contributed by atoms with Gasteiger partial charge in [0, 0.05) is 29.6 Å². The topological polar surface area (TPSA) is 85.6 Å². The fraction of sp³-hybridized carbons (Fsp3) is 0.238. The summed E-state index contributed by atoms with van der Waals surface area (Å²) < 4.78 is 5.52. The standard InChI is InChI=1S/C21H19N3O4S/c25-20(28-13-15-6-2-1-3-7-15)19-10-5-11-23(19)21-22-18(14-29-21)16-8-4-9-17(12-16)24(26)27/h1-4,6-9,12,14,19H,5,10-11,13H2. The molecule has 0 bridgehead atoms. The second kappa shape index (κ2) is 8.40. The number of ether oxygens (including phenoxy) is 1. The fourth-order valence-electron chi connectivity index (χ4n) is 3.37. The van der Waals surface area contributed by atoms with E-state index in [-0.39, 0.29) is 24.3 Å². The Balaban J connectivity index is 1.47. The van der Waals surface area contributed by atoms with Gasteiger partial charge in [0.25, 0.3) is 5.69 Å². The number of aromatic nitrogens is 1. The lowest BCUT2D eigenvalue weighted by Gasteiger charge is -2.22. The van der Waals surface area contributed by atoms with Crippen LogP contribution >= 0.6 is 11.3 Å². The van der Waals surface area contributed by atoms with Crippen LogP contribution in [-0.2, 0) is 16.1 Å². The third-order valence-electron chi connectivity index (χ3n) is 4.84. The van der Waals surface area contributed by atoms with Gasteiger partial charge in [0.05, 0.1) is 10.6 Å². The van der Waals surface area contributed by atoms with E-state index in [0.29, 0.717) is 11.3 Å². The number of anilines is 1. The van der Waals surface area contributed by atoms with Crippen molar-refractivity contribution in [3.63, 3.8) is 0 Å². The SMILES string of the molecule is O=C(OCc1ccccc1)C1CCCN1c1nc(-c2cccc([N+](=O)[O-])c2)cs1. The summed E-state index contributed by atoms with van der Waals surface area (Å²) in [6.45, 7) is 0.980. The molecule has 2 aromatic carbocycles. The number of thiazole rings is 1. The smallest absolute Gasteiger partial charge is 0.329 e. The van der Waals surface area contributed by atoms with E-state index in [0.717, 1.165) is 30.1 Å². The van der Waals surface area contributed by atoms with E-state index in [1.165, 1.54) is 23.5 Å². The van der Waals surface area contributed by atoms with E-state index in [9.17, 15) is 14.9 Å². The highest BCUT2D eigenvalue weighted by molar-refractivity contribution is 7.14. The Labute approximate surface area is 171 Å². The third kappa shape index (κ3) is 4.27. The summed E-state index contributed by atoms with van der Waals surface area (Å²) in [5.41, 5.74) is 2.33. The molecule has 4 rings (SSSR count). The molecule has 8 heteroatoms. The summed E-state index contributed by atoms with van der Waals surface area (Å²) in [4.78, 5) is 29.8. The Morgan fingerprint density at radius 3 is 2.86 bits per heavy atom. The van der Waals surface area contributed by atoms with Crippen molar-refractivity contribution in [2.45, 2.75) is 25.5 Å². The Morgan fingerprint density at radius 1 is 1.24 bits per heavy atom. The minimum atomic E-state index is -0.421. The van der Waals surface area contributed by atoms with Crippen LogP contribution in [0, 0.1) is 10.1 Å². The number of hydrogen-bond donors (Lipinski definition) is 0. The van der Waals surface area contributed by atoms with Crippen molar-refractivity contribution in [1.82, 2.24) is 4.98 Å². The second-order valence-corrected chi connectivity index (χ2v) is 7.60. The summed E-state index contributed by atoms with van der Waals surface area (Å²) in [6, 6.07) is 15.6. The van der Waals surface area contributed by atoms with Gasteiger partial charge in [-0.25, -0.2) is 9.78 Å². The molecule has 29 heavy (non-hydrogen) atoms. The molecule has 1 atom stereocenters. The van der Waals surface area contributed by atoms with Crippen molar-refractivity contribution >= 4 is 28.1 Å². The van der Waals surface area contributed by atoms with Crippen molar-refractivity contribution in [3.05, 3.63) is 75.7 Å². The molecule has 1 saturated heterocycles. The molecule has 1 aliphatic rings. The summed E-state index contributed by atoms with van der Waals surface area (Å²) >= 11 is 1.43. The van der Waals surface area contributed by atoms with E-state index in [2.05, 4.69) is 4.98 Å². The van der Waals surface area contributed by atoms with Gasteiger partial charge < -0.3 is 9.64 Å². The van der Waals surface area contributed by atoms with Gasteiger partial charge in [-0.2, -0.15) is 0 Å². The zero-order chi connectivity index (χ0) is 20.2. The molecule has 3 aromatic rings. The number of nitro benzene ring substituents is 1. The number of nitro groups is 1. The van der Waals surface area contributed by atoms with Crippen LogP contribution in [0.15, 0.2) is 60.0 Å². The predicted molar refractivity (Wildman–Crippen MR) is 111 cm³/mol. The van der Waals surface area contributed by atoms with E-state index >= 15 is 0 Å². The molecule has 0 N–H and O–H groups in total.